The van der Waals surface area contributed by atoms with E-state index in [0.717, 1.165) is 25.2 Å². The van der Waals surface area contributed by atoms with Crippen molar-refractivity contribution < 1.29 is 9.90 Å². The maximum Gasteiger partial charge on any atom is 0.354 e. The molecule has 0 unspecified atom stereocenters. The Bertz CT molecular complexity index is 829. The van der Waals surface area contributed by atoms with E-state index in [0.29, 0.717) is 0 Å². The lowest BCUT2D eigenvalue weighted by Crippen LogP contribution is -2.47. The first-order chi connectivity index (χ1) is 10.7. The highest BCUT2D eigenvalue weighted by molar-refractivity contribution is 5.85. The van der Waals surface area contributed by atoms with Crippen LogP contribution in [0.2, 0.25) is 0 Å². The van der Waals surface area contributed by atoms with E-state index in [4.69, 9.17) is 5.11 Å². The van der Waals surface area contributed by atoms with Crippen LogP contribution < -0.4 is 0 Å². The van der Waals surface area contributed by atoms with E-state index in [1.807, 2.05) is 6.20 Å². The molecule has 0 amide bonds. The van der Waals surface area contributed by atoms with E-state index in [1.165, 1.54) is 10.9 Å². The molecular weight excluding hydrogens is 280 g/mol. The molecule has 1 saturated heterocycles. The van der Waals surface area contributed by atoms with E-state index < -0.39 is 5.97 Å². The fourth-order valence-electron chi connectivity index (χ4n) is 3.06. The number of carboxylic acid groups (broad SMARTS) is 1. The minimum atomic E-state index is -0.922. The van der Waals surface area contributed by atoms with Crippen LogP contribution in [0.5, 0.6) is 0 Å². The number of aromatic amines is 1. The number of rotatable bonds is 4. The second-order valence-electron chi connectivity index (χ2n) is 5.71. The van der Waals surface area contributed by atoms with Crippen molar-refractivity contribution in [1.29, 1.82) is 0 Å². The maximum atomic E-state index is 11.1. The summed E-state index contributed by atoms with van der Waals surface area (Å²) in [5, 5.41) is 14.5. The third-order valence-electron chi connectivity index (χ3n) is 4.20. The van der Waals surface area contributed by atoms with Gasteiger partial charge in [0.25, 0.3) is 0 Å². The van der Waals surface area contributed by atoms with Gasteiger partial charge in [-0.05, 0) is 35.2 Å². The number of carboxylic acids is 1. The first-order valence-electron chi connectivity index (χ1n) is 7.26. The number of fused-ring (bicyclic) bond motifs is 1. The smallest absolute Gasteiger partial charge is 0.354 e. The van der Waals surface area contributed by atoms with Crippen molar-refractivity contribution in [3.63, 3.8) is 0 Å². The van der Waals surface area contributed by atoms with E-state index >= 15 is 0 Å². The number of H-pyrrole nitrogens is 1. The summed E-state index contributed by atoms with van der Waals surface area (Å²) in [5.41, 5.74) is 2.68. The normalized spacial score (nSPS) is 16.0. The number of nitrogens with zero attached hydrogens (tertiary/aromatic N) is 3. The van der Waals surface area contributed by atoms with Crippen molar-refractivity contribution in [2.45, 2.75) is 12.6 Å². The SMILES string of the molecule is O=C(O)c1ccnn1C1CN(Cc2ccc3[nH]ccc3c2)C1. The zero-order chi connectivity index (χ0) is 15.1. The summed E-state index contributed by atoms with van der Waals surface area (Å²) in [4.78, 5) is 16.6. The summed E-state index contributed by atoms with van der Waals surface area (Å²) >= 11 is 0. The van der Waals surface area contributed by atoms with Gasteiger partial charge in [-0.2, -0.15) is 5.10 Å². The Hall–Kier alpha value is -2.60. The lowest BCUT2D eigenvalue weighted by molar-refractivity contribution is 0.0627. The van der Waals surface area contributed by atoms with Gasteiger partial charge in [-0.25, -0.2) is 4.79 Å². The lowest BCUT2D eigenvalue weighted by Gasteiger charge is -2.39. The van der Waals surface area contributed by atoms with Gasteiger partial charge in [0.15, 0.2) is 0 Å². The average molecular weight is 296 g/mol. The molecule has 0 spiro atoms. The minimum absolute atomic E-state index is 0.150. The highest BCUT2D eigenvalue weighted by Gasteiger charge is 2.31. The fourth-order valence-corrected chi connectivity index (χ4v) is 3.06. The molecule has 1 fully saturated rings. The van der Waals surface area contributed by atoms with Crippen LogP contribution in [0, 0.1) is 0 Å². The van der Waals surface area contributed by atoms with Crippen LogP contribution in [0.25, 0.3) is 10.9 Å². The van der Waals surface area contributed by atoms with Crippen LogP contribution >= 0.6 is 0 Å². The van der Waals surface area contributed by atoms with Crippen LogP contribution in [0.3, 0.4) is 0 Å². The number of hydrogen-bond donors (Lipinski definition) is 2. The molecule has 6 heteroatoms. The van der Waals surface area contributed by atoms with Gasteiger partial charge >= 0.3 is 5.97 Å². The molecule has 6 nitrogen and oxygen atoms in total. The molecule has 0 atom stereocenters. The first-order valence-corrected chi connectivity index (χ1v) is 7.26. The molecule has 22 heavy (non-hydrogen) atoms. The van der Waals surface area contributed by atoms with Crippen LogP contribution in [0.15, 0.2) is 42.7 Å². The quantitative estimate of drug-likeness (QED) is 0.773. The number of benzene rings is 1. The summed E-state index contributed by atoms with van der Waals surface area (Å²) in [6, 6.07) is 10.2. The average Bonchev–Trinajstić information content (AvgIpc) is 3.10. The van der Waals surface area contributed by atoms with Gasteiger partial charge in [0.2, 0.25) is 0 Å². The van der Waals surface area contributed by atoms with Crippen LogP contribution in [0.1, 0.15) is 22.1 Å². The predicted octanol–water partition coefficient (Wildman–Crippen LogP) is 2.12. The Morgan fingerprint density at radius 2 is 2.18 bits per heavy atom. The van der Waals surface area contributed by atoms with Gasteiger partial charge in [0.05, 0.1) is 6.04 Å². The number of carbonyl (C=O) groups is 1. The summed E-state index contributed by atoms with van der Waals surface area (Å²) in [5.74, 6) is -0.922. The molecule has 0 bridgehead atoms. The van der Waals surface area contributed by atoms with Crippen molar-refractivity contribution in [2.75, 3.05) is 13.1 Å². The highest BCUT2D eigenvalue weighted by atomic mass is 16.4. The topological polar surface area (TPSA) is 74.2 Å². The number of nitrogens with one attached hydrogen (secondary N) is 1. The van der Waals surface area contributed by atoms with Gasteiger partial charge in [-0.1, -0.05) is 6.07 Å². The molecule has 0 saturated carbocycles. The summed E-state index contributed by atoms with van der Waals surface area (Å²) in [6.07, 6.45) is 3.49. The number of aromatic carboxylic acids is 1. The summed E-state index contributed by atoms with van der Waals surface area (Å²) < 4.78 is 1.62. The zero-order valence-corrected chi connectivity index (χ0v) is 11.9. The van der Waals surface area contributed by atoms with Crippen molar-refractivity contribution in [1.82, 2.24) is 19.7 Å². The maximum absolute atomic E-state index is 11.1. The van der Waals surface area contributed by atoms with Crippen molar-refractivity contribution in [3.05, 3.63) is 54.0 Å². The monoisotopic (exact) mass is 296 g/mol. The number of likely N-dealkylation sites (tertiary alicyclic amines) is 1. The van der Waals surface area contributed by atoms with E-state index in [-0.39, 0.29) is 11.7 Å². The van der Waals surface area contributed by atoms with Gasteiger partial charge in [-0.15, -0.1) is 0 Å². The van der Waals surface area contributed by atoms with Gasteiger partial charge in [-0.3, -0.25) is 9.58 Å². The van der Waals surface area contributed by atoms with Crippen LogP contribution in [-0.4, -0.2) is 43.8 Å². The number of hydrogen-bond acceptors (Lipinski definition) is 3. The largest absolute Gasteiger partial charge is 0.477 e. The van der Waals surface area contributed by atoms with Crippen molar-refractivity contribution in [2.24, 2.45) is 0 Å². The molecular formula is C16H16N4O2. The molecule has 1 aliphatic rings. The van der Waals surface area contributed by atoms with Crippen LogP contribution in [0.4, 0.5) is 0 Å². The van der Waals surface area contributed by atoms with E-state index in [2.05, 4.69) is 39.2 Å². The lowest BCUT2D eigenvalue weighted by atomic mass is 10.1. The summed E-state index contributed by atoms with van der Waals surface area (Å²) in [6.45, 7) is 2.53. The molecule has 1 aromatic carbocycles. The molecule has 2 aromatic heterocycles. The Kier molecular flexibility index (Phi) is 2.97. The molecule has 0 aliphatic carbocycles. The second kappa shape index (κ2) is 4.99. The predicted molar refractivity (Wildman–Crippen MR) is 81.8 cm³/mol. The molecule has 4 rings (SSSR count). The first kappa shape index (κ1) is 13.1. The Balaban J connectivity index is 1.43. The molecule has 0 radical (unpaired) electrons. The Labute approximate surface area is 127 Å². The highest BCUT2D eigenvalue weighted by Crippen LogP contribution is 2.25. The zero-order valence-electron chi connectivity index (χ0n) is 11.9. The third kappa shape index (κ3) is 2.17. The fraction of sp³-hybridized carbons (Fsp3) is 0.250. The van der Waals surface area contributed by atoms with Gasteiger partial charge in [0, 0.05) is 37.5 Å². The molecule has 112 valence electrons. The molecule has 1 aliphatic heterocycles. The van der Waals surface area contributed by atoms with Crippen LogP contribution in [-0.2, 0) is 6.54 Å². The number of aromatic nitrogens is 3. The Morgan fingerprint density at radius 1 is 1.32 bits per heavy atom. The minimum Gasteiger partial charge on any atom is -0.477 e. The second-order valence-corrected chi connectivity index (χ2v) is 5.71. The summed E-state index contributed by atoms with van der Waals surface area (Å²) in [7, 11) is 0. The molecule has 3 aromatic rings. The van der Waals surface area contributed by atoms with E-state index in [1.54, 1.807) is 16.9 Å². The third-order valence-corrected chi connectivity index (χ3v) is 4.20. The molecule has 2 N–H and O–H groups in total. The Morgan fingerprint density at radius 3 is 3.00 bits per heavy atom. The standard InChI is InChI=1S/C16H16N4O2/c21-16(22)15-4-6-18-20(15)13-9-19(10-13)8-11-1-2-14-12(7-11)3-5-17-14/h1-7,13,17H,8-10H2,(H,21,22). The van der Waals surface area contributed by atoms with Gasteiger partial charge in [0.1, 0.15) is 5.69 Å². The molecule has 3 heterocycles. The van der Waals surface area contributed by atoms with Crippen molar-refractivity contribution in [3.8, 4) is 0 Å². The van der Waals surface area contributed by atoms with Gasteiger partial charge < -0.3 is 10.1 Å². The van der Waals surface area contributed by atoms with E-state index in [9.17, 15) is 4.79 Å². The van der Waals surface area contributed by atoms with Crippen molar-refractivity contribution >= 4 is 16.9 Å².